The van der Waals surface area contributed by atoms with E-state index >= 15 is 0 Å². The Morgan fingerprint density at radius 1 is 0.550 bits per heavy atom. The molecule has 4 atom stereocenters. The molecule has 4 unspecified atom stereocenters. The molecule has 6 aliphatic rings. The van der Waals surface area contributed by atoms with Crippen molar-refractivity contribution in [1.29, 1.82) is 0 Å². The van der Waals surface area contributed by atoms with Crippen molar-refractivity contribution < 1.29 is 0 Å². The Morgan fingerprint density at radius 2 is 1.28 bits per heavy atom. The monoisotopic (exact) mass is 799 g/mol. The first-order valence-electron chi connectivity index (χ1n) is 22.8. The largest absolute Gasteiger partial charge is 0.335 e. The Bertz CT molecular complexity index is 2860. The highest BCUT2D eigenvalue weighted by molar-refractivity contribution is 7.01. The van der Waals surface area contributed by atoms with Gasteiger partial charge in [-0.25, -0.2) is 0 Å². The Morgan fingerprint density at radius 3 is 2.08 bits per heavy atom. The lowest BCUT2D eigenvalue weighted by atomic mass is 9.33. The summed E-state index contributed by atoms with van der Waals surface area (Å²) in [7, 11) is -1.70. The standard InChI is InChI=1S/C55H58BN3Si/c1-35-17-16-19-38(29-35)57-47-30-36(2)23-24-44(47)56-45-34-40(60(7,8)9)33-43-51(45)59(54(5)27-15-14-26-52(43,54)3)49-32-39(31-48(57)50(49)56)58-46-22-13-12-21-42(46)53(4)28-25-37-18-10-11-20-41(37)55(53,58)6/h10-13,16-24,29-34H,14-15,25-28H2,1-9H3. The third kappa shape index (κ3) is 4.37. The van der Waals surface area contributed by atoms with Gasteiger partial charge in [-0.1, -0.05) is 130 Å². The predicted molar refractivity (Wildman–Crippen MR) is 259 cm³/mol. The molecule has 3 nitrogen and oxygen atoms in total. The van der Waals surface area contributed by atoms with Crippen LogP contribution in [0.25, 0.3) is 0 Å². The number of benzene rings is 6. The summed E-state index contributed by atoms with van der Waals surface area (Å²) < 4.78 is 0. The van der Waals surface area contributed by atoms with E-state index in [4.69, 9.17) is 0 Å². The molecule has 0 saturated heterocycles. The quantitative estimate of drug-likeness (QED) is 0.165. The maximum Gasteiger partial charge on any atom is 0.252 e. The number of para-hydroxylation sites is 1. The highest BCUT2D eigenvalue weighted by atomic mass is 28.3. The fourth-order valence-electron chi connectivity index (χ4n) is 13.7. The summed E-state index contributed by atoms with van der Waals surface area (Å²) in [6, 6.07) is 46.0. The summed E-state index contributed by atoms with van der Waals surface area (Å²) in [5.74, 6) is 0. The van der Waals surface area contributed by atoms with E-state index in [1.165, 1.54) is 110 Å². The molecule has 2 aliphatic carbocycles. The van der Waals surface area contributed by atoms with Gasteiger partial charge in [0.05, 0.1) is 19.2 Å². The first-order valence-corrected chi connectivity index (χ1v) is 26.3. The Balaban J connectivity index is 1.24. The van der Waals surface area contributed by atoms with Gasteiger partial charge in [0, 0.05) is 50.6 Å². The molecule has 5 heteroatoms. The van der Waals surface area contributed by atoms with Gasteiger partial charge in [0.1, 0.15) is 0 Å². The number of hydrogen-bond acceptors (Lipinski definition) is 3. The molecule has 6 aromatic carbocycles. The van der Waals surface area contributed by atoms with Crippen LogP contribution in [0.15, 0.2) is 115 Å². The lowest BCUT2D eigenvalue weighted by Crippen LogP contribution is -2.65. The van der Waals surface area contributed by atoms with E-state index in [0.717, 1.165) is 12.8 Å². The third-order valence-electron chi connectivity index (χ3n) is 17.3. The normalized spacial score (nSPS) is 26.5. The van der Waals surface area contributed by atoms with E-state index in [9.17, 15) is 0 Å². The smallest absolute Gasteiger partial charge is 0.252 e. The number of nitrogens with zero attached hydrogens (tertiary/aromatic N) is 3. The van der Waals surface area contributed by atoms with Gasteiger partial charge < -0.3 is 14.7 Å². The molecule has 300 valence electrons. The summed E-state index contributed by atoms with van der Waals surface area (Å²) >= 11 is 0. The first-order chi connectivity index (χ1) is 28.7. The summed E-state index contributed by atoms with van der Waals surface area (Å²) in [4.78, 5) is 8.39. The van der Waals surface area contributed by atoms with Crippen LogP contribution in [-0.4, -0.2) is 20.3 Å². The topological polar surface area (TPSA) is 9.72 Å². The van der Waals surface area contributed by atoms with E-state index < -0.39 is 8.07 Å². The number of fused-ring (bicyclic) bond motifs is 12. The molecule has 0 radical (unpaired) electrons. The third-order valence-corrected chi connectivity index (χ3v) is 19.3. The van der Waals surface area contributed by atoms with Crippen molar-refractivity contribution in [2.24, 2.45) is 0 Å². The molecule has 1 fully saturated rings. The molecule has 0 bridgehead atoms. The van der Waals surface area contributed by atoms with Crippen molar-refractivity contribution in [3.8, 4) is 0 Å². The zero-order valence-corrected chi connectivity index (χ0v) is 38.1. The fraction of sp³-hybridized carbons (Fsp3) is 0.345. The van der Waals surface area contributed by atoms with Crippen LogP contribution in [0.3, 0.4) is 0 Å². The SMILES string of the molecule is Cc1cccc(N2c3cc(C)ccc3B3c4cc([Si](C)(C)C)cc5c4N(c4cc(N6c7ccccc7C7(C)CCc8ccccc8C67C)cc2c43)C2(C)CCCCC52C)c1. The van der Waals surface area contributed by atoms with E-state index in [2.05, 4.69) is 191 Å². The van der Waals surface area contributed by atoms with E-state index in [1.807, 2.05) is 0 Å². The average molecular weight is 800 g/mol. The van der Waals surface area contributed by atoms with Crippen molar-refractivity contribution in [3.63, 3.8) is 0 Å². The molecule has 0 aromatic heterocycles. The van der Waals surface area contributed by atoms with Gasteiger partial charge in [0.2, 0.25) is 0 Å². The minimum absolute atomic E-state index is 0.0425. The summed E-state index contributed by atoms with van der Waals surface area (Å²) in [6.45, 7) is 22.7. The Kier molecular flexibility index (Phi) is 7.29. The Labute approximate surface area is 359 Å². The van der Waals surface area contributed by atoms with E-state index in [-0.39, 0.29) is 28.6 Å². The van der Waals surface area contributed by atoms with E-state index in [1.54, 1.807) is 10.8 Å². The van der Waals surface area contributed by atoms with Crippen LogP contribution >= 0.6 is 0 Å². The highest BCUT2D eigenvalue weighted by Gasteiger charge is 2.63. The lowest BCUT2D eigenvalue weighted by molar-refractivity contribution is 0.195. The maximum absolute atomic E-state index is 2.94. The zero-order valence-electron chi connectivity index (χ0n) is 37.1. The molecule has 6 aromatic rings. The summed E-state index contributed by atoms with van der Waals surface area (Å²) in [6.07, 6.45) is 7.19. The molecule has 1 saturated carbocycles. The van der Waals surface area contributed by atoms with Gasteiger partial charge in [-0.05, 0) is 140 Å². The van der Waals surface area contributed by atoms with Crippen LogP contribution in [0.4, 0.5) is 39.8 Å². The van der Waals surface area contributed by atoms with Gasteiger partial charge in [0.15, 0.2) is 0 Å². The minimum atomic E-state index is -1.70. The highest BCUT2D eigenvalue weighted by Crippen LogP contribution is 2.66. The lowest BCUT2D eigenvalue weighted by Gasteiger charge is -2.54. The second-order valence-corrected chi connectivity index (χ2v) is 26.4. The molecule has 12 rings (SSSR count). The van der Waals surface area contributed by atoms with Crippen LogP contribution in [0.5, 0.6) is 0 Å². The van der Waals surface area contributed by atoms with Crippen molar-refractivity contribution in [3.05, 3.63) is 149 Å². The second kappa shape index (κ2) is 11.9. The van der Waals surface area contributed by atoms with Crippen LogP contribution in [0, 0.1) is 13.8 Å². The van der Waals surface area contributed by atoms with Crippen molar-refractivity contribution in [1.82, 2.24) is 0 Å². The van der Waals surface area contributed by atoms with Crippen molar-refractivity contribution in [2.45, 2.75) is 122 Å². The van der Waals surface area contributed by atoms with Gasteiger partial charge in [-0.2, -0.15) is 0 Å². The minimum Gasteiger partial charge on any atom is -0.335 e. The molecular weight excluding hydrogens is 742 g/mol. The molecule has 4 aliphatic heterocycles. The predicted octanol–water partition coefficient (Wildman–Crippen LogP) is 11.5. The zero-order chi connectivity index (χ0) is 41.3. The molecule has 0 N–H and O–H groups in total. The van der Waals surface area contributed by atoms with E-state index in [0.29, 0.717) is 0 Å². The van der Waals surface area contributed by atoms with Gasteiger partial charge in [-0.15, -0.1) is 0 Å². The number of rotatable bonds is 3. The fourth-order valence-corrected chi connectivity index (χ4v) is 14.9. The average Bonchev–Trinajstić information content (AvgIpc) is 3.57. The number of hydrogen-bond donors (Lipinski definition) is 0. The second-order valence-electron chi connectivity index (χ2n) is 21.3. The van der Waals surface area contributed by atoms with Gasteiger partial charge in [-0.3, -0.25) is 0 Å². The molecule has 0 spiro atoms. The van der Waals surface area contributed by atoms with Crippen molar-refractivity contribution >= 4 is 76.2 Å². The molecule has 4 heterocycles. The van der Waals surface area contributed by atoms with Gasteiger partial charge >= 0.3 is 0 Å². The van der Waals surface area contributed by atoms with Crippen LogP contribution in [-0.2, 0) is 22.8 Å². The maximum atomic E-state index is 2.94. The van der Waals surface area contributed by atoms with Crippen molar-refractivity contribution in [2.75, 3.05) is 14.7 Å². The summed E-state index contributed by atoms with van der Waals surface area (Å²) in [5, 5.41) is 1.60. The molecule has 0 amide bonds. The first kappa shape index (κ1) is 36.8. The van der Waals surface area contributed by atoms with Gasteiger partial charge in [0.25, 0.3) is 6.71 Å². The van der Waals surface area contributed by atoms with Crippen LogP contribution < -0.4 is 36.3 Å². The molecular formula is C55H58BN3Si. The van der Waals surface area contributed by atoms with Crippen LogP contribution in [0.1, 0.15) is 93.2 Å². The summed E-state index contributed by atoms with van der Waals surface area (Å²) in [5.41, 5.74) is 22.1. The van der Waals surface area contributed by atoms with Crippen LogP contribution in [0.2, 0.25) is 19.6 Å². The molecule has 60 heavy (non-hydrogen) atoms. The Hall–Kier alpha value is -5.00. The number of anilines is 7. The number of aryl methyl sites for hydroxylation is 3.